The van der Waals surface area contributed by atoms with Crippen molar-refractivity contribution in [3.8, 4) is 17.3 Å². The average Bonchev–Trinajstić information content (AvgIpc) is 3.44. The molecule has 7 nitrogen and oxygen atoms in total. The van der Waals surface area contributed by atoms with Crippen LogP contribution in [0.4, 0.5) is 0 Å². The minimum absolute atomic E-state index is 0.0286. The summed E-state index contributed by atoms with van der Waals surface area (Å²) in [7, 11) is 1.76. The molecule has 0 N–H and O–H groups in total. The molecule has 1 aromatic carbocycles. The molecule has 0 saturated carbocycles. The number of fused-ring (bicyclic) bond motifs is 3. The number of rotatable bonds is 4. The molecule has 0 spiro atoms. The van der Waals surface area contributed by atoms with Gasteiger partial charge in [0.05, 0.1) is 35.6 Å². The molecule has 2 aromatic heterocycles. The van der Waals surface area contributed by atoms with Gasteiger partial charge in [0.25, 0.3) is 0 Å². The van der Waals surface area contributed by atoms with E-state index in [9.17, 15) is 10.1 Å². The molecule has 2 fully saturated rings. The van der Waals surface area contributed by atoms with Crippen LogP contribution in [0.5, 0.6) is 0 Å². The Balaban J connectivity index is 1.53. The Labute approximate surface area is 187 Å². The first-order valence-corrected chi connectivity index (χ1v) is 11.2. The normalized spacial score (nSPS) is 20.8. The number of morpholine rings is 1. The Morgan fingerprint density at radius 1 is 1.25 bits per heavy atom. The lowest BCUT2D eigenvalue weighted by Gasteiger charge is -2.26. The predicted molar refractivity (Wildman–Crippen MR) is 123 cm³/mol. The smallest absolute Gasteiger partial charge is 0.330 e. The molecule has 5 rings (SSSR count). The predicted octanol–water partition coefficient (Wildman–Crippen LogP) is 3.29. The second-order valence-corrected chi connectivity index (χ2v) is 10.3. The van der Waals surface area contributed by atoms with Crippen LogP contribution in [0.25, 0.3) is 22.4 Å². The number of imidazole rings is 1. The summed E-state index contributed by atoms with van der Waals surface area (Å²) in [5.74, 6) is 0. The van der Waals surface area contributed by atoms with Crippen LogP contribution in [0.1, 0.15) is 38.3 Å². The molecule has 2 bridgehead atoms. The first-order chi connectivity index (χ1) is 15.2. The van der Waals surface area contributed by atoms with Crippen LogP contribution in [0.3, 0.4) is 0 Å². The maximum atomic E-state index is 12.9. The quantitative estimate of drug-likeness (QED) is 0.634. The second-order valence-electron chi connectivity index (χ2n) is 10.3. The van der Waals surface area contributed by atoms with Crippen molar-refractivity contribution < 1.29 is 4.74 Å². The van der Waals surface area contributed by atoms with Crippen molar-refractivity contribution in [2.75, 3.05) is 13.2 Å². The minimum atomic E-state index is -0.0693. The Kier molecular flexibility index (Phi) is 4.95. The van der Waals surface area contributed by atoms with Crippen molar-refractivity contribution in [3.63, 3.8) is 0 Å². The molecule has 0 amide bonds. The molecule has 0 aliphatic carbocycles. The largest absolute Gasteiger partial charge is 0.375 e. The van der Waals surface area contributed by atoms with E-state index in [0.717, 1.165) is 42.8 Å². The van der Waals surface area contributed by atoms with Crippen molar-refractivity contribution in [2.24, 2.45) is 12.5 Å². The highest BCUT2D eigenvalue weighted by Crippen LogP contribution is 2.31. The highest BCUT2D eigenvalue weighted by molar-refractivity contribution is 5.78. The van der Waals surface area contributed by atoms with Gasteiger partial charge in [-0.2, -0.15) is 5.26 Å². The topological polar surface area (TPSA) is 76.1 Å². The molecule has 1 unspecified atom stereocenters. The zero-order valence-corrected chi connectivity index (χ0v) is 19.1. The number of nitriles is 1. The van der Waals surface area contributed by atoms with Gasteiger partial charge in [0.2, 0.25) is 0 Å². The molecule has 2 atom stereocenters. The molecule has 32 heavy (non-hydrogen) atoms. The molecule has 166 valence electrons. The Hall–Kier alpha value is -2.95. The third-order valence-electron chi connectivity index (χ3n) is 6.49. The Morgan fingerprint density at radius 3 is 2.72 bits per heavy atom. The van der Waals surface area contributed by atoms with Crippen LogP contribution in [-0.2, 0) is 24.9 Å². The molecule has 7 heteroatoms. The number of likely N-dealkylation sites (tertiary alicyclic amines) is 1. The standard InChI is InChI=1S/C25H29N5O2/c1-25(2,3)15-30-22-8-7-21(27-23(22)28(4)24(30)31)20-9-16(5-6-17(20)11-26)12-29-13-19-10-18(29)14-32-19/h5-9,18-19H,10,12-15H2,1-4H3/t18-,19?/m0/s1. The zero-order valence-electron chi connectivity index (χ0n) is 19.1. The second kappa shape index (κ2) is 7.58. The van der Waals surface area contributed by atoms with Gasteiger partial charge in [0, 0.05) is 38.3 Å². The summed E-state index contributed by atoms with van der Waals surface area (Å²) < 4.78 is 9.11. The summed E-state index contributed by atoms with van der Waals surface area (Å²) in [6, 6.07) is 12.7. The lowest BCUT2D eigenvalue weighted by atomic mass is 9.97. The summed E-state index contributed by atoms with van der Waals surface area (Å²) in [5, 5.41) is 9.72. The molecule has 4 heterocycles. The fourth-order valence-electron chi connectivity index (χ4n) is 4.96. The minimum Gasteiger partial charge on any atom is -0.375 e. The zero-order chi connectivity index (χ0) is 22.6. The van der Waals surface area contributed by atoms with Crippen LogP contribution >= 0.6 is 0 Å². The van der Waals surface area contributed by atoms with E-state index < -0.39 is 0 Å². The SMILES string of the molecule is Cn1c(=O)n(CC(C)(C)C)c2ccc(-c3cc(CN4CC5C[C@H]4CO5)ccc3C#N)nc21. The van der Waals surface area contributed by atoms with E-state index >= 15 is 0 Å². The lowest BCUT2D eigenvalue weighted by molar-refractivity contribution is 0.0273. The van der Waals surface area contributed by atoms with E-state index in [1.807, 2.05) is 24.3 Å². The van der Waals surface area contributed by atoms with Gasteiger partial charge in [0.15, 0.2) is 5.65 Å². The van der Waals surface area contributed by atoms with E-state index in [1.165, 1.54) is 0 Å². The fourth-order valence-corrected chi connectivity index (χ4v) is 4.96. The summed E-state index contributed by atoms with van der Waals surface area (Å²) in [6.45, 7) is 9.57. The molecular formula is C25H29N5O2. The van der Waals surface area contributed by atoms with Gasteiger partial charge in [-0.25, -0.2) is 9.78 Å². The number of ether oxygens (including phenoxy) is 1. The maximum Gasteiger partial charge on any atom is 0.330 e. The number of pyridine rings is 1. The van der Waals surface area contributed by atoms with Crippen molar-refractivity contribution in [3.05, 3.63) is 51.9 Å². The molecule has 0 radical (unpaired) electrons. The van der Waals surface area contributed by atoms with Crippen molar-refractivity contribution in [2.45, 2.75) is 52.4 Å². The monoisotopic (exact) mass is 431 g/mol. The van der Waals surface area contributed by atoms with Crippen molar-refractivity contribution in [1.82, 2.24) is 19.0 Å². The van der Waals surface area contributed by atoms with Gasteiger partial charge < -0.3 is 4.74 Å². The van der Waals surface area contributed by atoms with Crippen LogP contribution in [0.15, 0.2) is 35.1 Å². The van der Waals surface area contributed by atoms with Crippen molar-refractivity contribution in [1.29, 1.82) is 5.26 Å². The van der Waals surface area contributed by atoms with Gasteiger partial charge in [-0.15, -0.1) is 0 Å². The fraction of sp³-hybridized carbons (Fsp3) is 0.480. The van der Waals surface area contributed by atoms with Crippen LogP contribution in [-0.4, -0.2) is 44.3 Å². The summed E-state index contributed by atoms with van der Waals surface area (Å²) in [5.41, 5.74) is 4.63. The number of benzene rings is 1. The van der Waals surface area contributed by atoms with Gasteiger partial charge in [-0.1, -0.05) is 26.8 Å². The third-order valence-corrected chi connectivity index (χ3v) is 6.49. The van der Waals surface area contributed by atoms with E-state index in [2.05, 4.69) is 37.8 Å². The highest BCUT2D eigenvalue weighted by Gasteiger charge is 2.38. The van der Waals surface area contributed by atoms with E-state index in [0.29, 0.717) is 35.6 Å². The Bertz CT molecular complexity index is 1290. The van der Waals surface area contributed by atoms with E-state index in [4.69, 9.17) is 9.72 Å². The third kappa shape index (κ3) is 3.64. The molecular weight excluding hydrogens is 402 g/mol. The Morgan fingerprint density at radius 2 is 2.06 bits per heavy atom. The van der Waals surface area contributed by atoms with Crippen molar-refractivity contribution >= 4 is 11.2 Å². The van der Waals surface area contributed by atoms with Gasteiger partial charge in [0.1, 0.15) is 0 Å². The first kappa shape index (κ1) is 20.9. The summed E-state index contributed by atoms with van der Waals surface area (Å²) in [6.07, 6.45) is 1.47. The molecule has 2 aliphatic rings. The number of aryl methyl sites for hydroxylation is 1. The lowest BCUT2D eigenvalue weighted by Crippen LogP contribution is -2.36. The molecule has 2 saturated heterocycles. The number of hydrogen-bond acceptors (Lipinski definition) is 5. The van der Waals surface area contributed by atoms with Crippen LogP contribution < -0.4 is 5.69 Å². The number of hydrogen-bond donors (Lipinski definition) is 0. The molecule has 2 aliphatic heterocycles. The summed E-state index contributed by atoms with van der Waals surface area (Å²) >= 11 is 0. The number of nitrogens with zero attached hydrogens (tertiary/aromatic N) is 5. The van der Waals surface area contributed by atoms with E-state index in [-0.39, 0.29) is 11.1 Å². The molecule has 3 aromatic rings. The van der Waals surface area contributed by atoms with E-state index in [1.54, 1.807) is 16.2 Å². The average molecular weight is 432 g/mol. The summed E-state index contributed by atoms with van der Waals surface area (Å²) in [4.78, 5) is 20.2. The first-order valence-electron chi connectivity index (χ1n) is 11.2. The number of aromatic nitrogens is 3. The highest BCUT2D eigenvalue weighted by atomic mass is 16.5. The van der Waals surface area contributed by atoms with Gasteiger partial charge in [-0.3, -0.25) is 14.0 Å². The maximum absolute atomic E-state index is 12.9. The van der Waals surface area contributed by atoms with Gasteiger partial charge in [-0.05, 0) is 41.7 Å². The van der Waals surface area contributed by atoms with Crippen LogP contribution in [0, 0.1) is 16.7 Å². The van der Waals surface area contributed by atoms with Crippen LogP contribution in [0.2, 0.25) is 0 Å². The van der Waals surface area contributed by atoms with Gasteiger partial charge >= 0.3 is 5.69 Å².